The number of Topliss-reactive ketones (excluding diaryl/α,β-unsaturated/α-hetero) is 1. The van der Waals surface area contributed by atoms with Gasteiger partial charge in [-0.3, -0.25) is 15.0 Å². The molecule has 8 heteroatoms. The van der Waals surface area contributed by atoms with Crippen molar-refractivity contribution in [1.29, 1.82) is 5.41 Å². The zero-order chi connectivity index (χ0) is 21.5. The highest BCUT2D eigenvalue weighted by molar-refractivity contribution is 8.93. The number of fused-ring (bicyclic) bond motifs is 1. The van der Waals surface area contributed by atoms with Gasteiger partial charge in [-0.15, -0.1) is 17.0 Å². The van der Waals surface area contributed by atoms with E-state index in [4.69, 9.17) is 5.41 Å². The summed E-state index contributed by atoms with van der Waals surface area (Å²) in [4.78, 5) is 26.1. The van der Waals surface area contributed by atoms with Crippen molar-refractivity contribution in [1.82, 2.24) is 10.2 Å². The zero-order valence-electron chi connectivity index (χ0n) is 17.3. The average molecular weight is 478 g/mol. The minimum absolute atomic E-state index is 0. The van der Waals surface area contributed by atoms with Crippen molar-refractivity contribution in [2.24, 2.45) is 0 Å². The van der Waals surface area contributed by atoms with Gasteiger partial charge in [-0.05, 0) is 41.3 Å². The second-order valence-corrected chi connectivity index (χ2v) is 8.17. The Morgan fingerprint density at radius 3 is 2.47 bits per heavy atom. The number of aromatic hydroxyl groups is 1. The van der Waals surface area contributed by atoms with Crippen molar-refractivity contribution in [2.45, 2.75) is 32.7 Å². The van der Waals surface area contributed by atoms with Crippen LogP contribution in [0.25, 0.3) is 0 Å². The maximum atomic E-state index is 14.5. The van der Waals surface area contributed by atoms with Crippen molar-refractivity contribution in [2.75, 3.05) is 13.6 Å². The summed E-state index contributed by atoms with van der Waals surface area (Å²) in [7, 11) is 1.45. The molecular formula is C22H25BrFN3O3. The molecule has 0 saturated heterocycles. The normalized spacial score (nSPS) is 13.0. The lowest BCUT2D eigenvalue weighted by atomic mass is 9.85. The Morgan fingerprint density at radius 1 is 1.20 bits per heavy atom. The Morgan fingerprint density at radius 2 is 1.87 bits per heavy atom. The lowest BCUT2D eigenvalue weighted by molar-refractivity contribution is 0.0955. The fourth-order valence-corrected chi connectivity index (χ4v) is 3.43. The van der Waals surface area contributed by atoms with Crippen LogP contribution in [-0.2, 0) is 12.0 Å². The lowest BCUT2D eigenvalue weighted by Gasteiger charge is -2.22. The number of carbonyl (C=O) groups is 2. The maximum Gasteiger partial charge on any atom is 0.251 e. The molecule has 0 aromatic heterocycles. The van der Waals surface area contributed by atoms with Crippen LogP contribution >= 0.6 is 17.0 Å². The van der Waals surface area contributed by atoms with Crippen molar-refractivity contribution in [3.8, 4) is 5.75 Å². The van der Waals surface area contributed by atoms with Gasteiger partial charge in [0, 0.05) is 35.8 Å². The third kappa shape index (κ3) is 4.38. The number of carbonyl (C=O) groups excluding carboxylic acids is 2. The molecule has 0 unspecified atom stereocenters. The number of hydrogen-bond acceptors (Lipinski definition) is 4. The van der Waals surface area contributed by atoms with Crippen LogP contribution in [-0.4, -0.2) is 41.1 Å². The fourth-order valence-electron chi connectivity index (χ4n) is 3.43. The number of amidine groups is 1. The van der Waals surface area contributed by atoms with Gasteiger partial charge in [0.1, 0.15) is 17.4 Å². The summed E-state index contributed by atoms with van der Waals surface area (Å²) >= 11 is 0. The van der Waals surface area contributed by atoms with Gasteiger partial charge in [0.25, 0.3) is 5.91 Å². The van der Waals surface area contributed by atoms with Crippen molar-refractivity contribution in [3.63, 3.8) is 0 Å². The van der Waals surface area contributed by atoms with Crippen LogP contribution in [0.3, 0.4) is 0 Å². The number of rotatable bonds is 4. The largest absolute Gasteiger partial charge is 0.508 e. The molecule has 1 amide bonds. The second-order valence-electron chi connectivity index (χ2n) is 8.17. The third-order valence-electron chi connectivity index (χ3n) is 5.07. The smallest absolute Gasteiger partial charge is 0.251 e. The fraction of sp³-hybridized carbons (Fsp3) is 0.318. The highest BCUT2D eigenvalue weighted by Gasteiger charge is 2.30. The van der Waals surface area contributed by atoms with Crippen LogP contribution in [0.2, 0.25) is 0 Å². The molecular weight excluding hydrogens is 453 g/mol. The Kier molecular flexibility index (Phi) is 6.71. The number of hydrogen-bond donors (Lipinski definition) is 3. The molecule has 1 heterocycles. The first-order valence-corrected chi connectivity index (χ1v) is 9.28. The lowest BCUT2D eigenvalue weighted by Crippen LogP contribution is -2.30. The Hall–Kier alpha value is -2.74. The number of ketones is 1. The summed E-state index contributed by atoms with van der Waals surface area (Å²) in [6.07, 6.45) is 0. The molecule has 2 aromatic rings. The quantitative estimate of drug-likeness (QED) is 0.583. The number of nitrogens with zero attached hydrogens (tertiary/aromatic N) is 1. The number of phenolic OH excluding ortho intramolecular Hbond substituents is 1. The van der Waals surface area contributed by atoms with Gasteiger partial charge in [0.2, 0.25) is 0 Å². The predicted octanol–water partition coefficient (Wildman–Crippen LogP) is 3.79. The number of nitrogens with one attached hydrogen (secondary N) is 2. The van der Waals surface area contributed by atoms with E-state index >= 15 is 0 Å². The Labute approximate surface area is 185 Å². The van der Waals surface area contributed by atoms with E-state index in [1.54, 1.807) is 12.1 Å². The van der Waals surface area contributed by atoms with Gasteiger partial charge >= 0.3 is 0 Å². The summed E-state index contributed by atoms with van der Waals surface area (Å²) in [5.41, 5.74) is 1.49. The van der Waals surface area contributed by atoms with E-state index in [0.29, 0.717) is 22.3 Å². The van der Waals surface area contributed by atoms with Crippen LogP contribution in [0.5, 0.6) is 5.75 Å². The van der Waals surface area contributed by atoms with Crippen molar-refractivity contribution in [3.05, 3.63) is 64.0 Å². The number of phenols is 1. The van der Waals surface area contributed by atoms with E-state index < -0.39 is 11.7 Å². The molecule has 160 valence electrons. The molecule has 3 rings (SSSR count). The molecule has 0 radical (unpaired) electrons. The summed E-state index contributed by atoms with van der Waals surface area (Å²) in [6.45, 7) is 5.81. The van der Waals surface area contributed by atoms with Gasteiger partial charge in [0.15, 0.2) is 5.78 Å². The van der Waals surface area contributed by atoms with Crippen LogP contribution in [0.4, 0.5) is 4.39 Å². The molecule has 0 fully saturated rings. The van der Waals surface area contributed by atoms with Gasteiger partial charge in [-0.2, -0.15) is 0 Å². The van der Waals surface area contributed by atoms with Gasteiger partial charge < -0.3 is 15.3 Å². The predicted molar refractivity (Wildman–Crippen MR) is 118 cm³/mol. The summed E-state index contributed by atoms with van der Waals surface area (Å²) in [5, 5.41) is 20.9. The van der Waals surface area contributed by atoms with E-state index in [0.717, 1.165) is 6.07 Å². The first-order valence-electron chi connectivity index (χ1n) is 9.28. The van der Waals surface area contributed by atoms with Crippen LogP contribution in [0, 0.1) is 11.2 Å². The maximum absolute atomic E-state index is 14.5. The van der Waals surface area contributed by atoms with Gasteiger partial charge in [0.05, 0.1) is 6.54 Å². The molecule has 0 spiro atoms. The minimum Gasteiger partial charge on any atom is -0.508 e. The molecule has 6 nitrogen and oxygen atoms in total. The molecule has 0 saturated carbocycles. The van der Waals surface area contributed by atoms with E-state index in [-0.39, 0.29) is 58.4 Å². The monoisotopic (exact) mass is 477 g/mol. The third-order valence-corrected chi connectivity index (χ3v) is 5.07. The SMILES string of the molecule is Br.CNC(=O)c1cc(F)c2c(c1)C(=N)N(CC(=O)c1ccc(O)c(C(C)(C)C)c1)C2. The van der Waals surface area contributed by atoms with E-state index in [1.165, 1.54) is 24.1 Å². The molecule has 2 aromatic carbocycles. The topological polar surface area (TPSA) is 93.5 Å². The van der Waals surface area contributed by atoms with E-state index in [9.17, 15) is 19.1 Å². The molecule has 0 atom stereocenters. The second kappa shape index (κ2) is 8.55. The first kappa shape index (κ1) is 23.5. The van der Waals surface area contributed by atoms with Crippen molar-refractivity contribution < 1.29 is 19.1 Å². The number of benzene rings is 2. The van der Waals surface area contributed by atoms with E-state index in [2.05, 4.69) is 5.32 Å². The van der Waals surface area contributed by atoms with Crippen molar-refractivity contribution >= 4 is 34.5 Å². The number of amides is 1. The molecule has 0 bridgehead atoms. The van der Waals surface area contributed by atoms with Gasteiger partial charge in [-0.1, -0.05) is 20.8 Å². The van der Waals surface area contributed by atoms with Gasteiger partial charge in [-0.25, -0.2) is 4.39 Å². The Balaban J connectivity index is 0.00000320. The average Bonchev–Trinajstić information content (AvgIpc) is 2.97. The highest BCUT2D eigenvalue weighted by Crippen LogP contribution is 2.32. The minimum atomic E-state index is -0.569. The summed E-state index contributed by atoms with van der Waals surface area (Å²) in [5.74, 6) is -1.11. The molecule has 30 heavy (non-hydrogen) atoms. The zero-order valence-corrected chi connectivity index (χ0v) is 19.0. The van der Waals surface area contributed by atoms with E-state index in [1.807, 2.05) is 20.8 Å². The summed E-state index contributed by atoms with van der Waals surface area (Å²) < 4.78 is 14.5. The highest BCUT2D eigenvalue weighted by atomic mass is 79.9. The molecule has 1 aliphatic heterocycles. The molecule has 0 aliphatic carbocycles. The molecule has 1 aliphatic rings. The Bertz CT molecular complexity index is 1030. The summed E-state index contributed by atoms with van der Waals surface area (Å²) in [6, 6.07) is 7.32. The number of halogens is 2. The first-order chi connectivity index (χ1) is 13.5. The molecule has 3 N–H and O–H groups in total. The van der Waals surface area contributed by atoms with Crippen LogP contribution in [0.1, 0.15) is 58.2 Å². The standard InChI is InChI=1S/C22H24FN3O3.BrH/c1-22(2,3)16-8-12(5-6-18(16)27)19(28)11-26-10-15-14(20(26)24)7-13(9-17(15)23)21(29)25-4;/h5-9,24,27H,10-11H2,1-4H3,(H,25,29);1H. The van der Waals surface area contributed by atoms with Crippen LogP contribution in [0.15, 0.2) is 30.3 Å². The van der Waals surface area contributed by atoms with Crippen LogP contribution < -0.4 is 5.32 Å².